The second-order valence-electron chi connectivity index (χ2n) is 7.00. The Kier molecular flexibility index (Phi) is 5.04. The molecule has 2 rings (SSSR count). The molecule has 0 radical (unpaired) electrons. The number of fused-ring (bicyclic) bond motifs is 2. The summed E-state index contributed by atoms with van der Waals surface area (Å²) in [6.07, 6.45) is 1.37. The van der Waals surface area contributed by atoms with Gasteiger partial charge in [0, 0.05) is 0 Å². The van der Waals surface area contributed by atoms with Crippen molar-refractivity contribution in [3.05, 3.63) is 24.3 Å². The SMILES string of the molecule is C=C(C(=O)O)C(F)(F)F.CC(C)(C)C1(C(=O)O)CC2C=CC1C2. The predicted octanol–water partition coefficient (Wildman–Crippen LogP) is 3.89. The third-order valence-electron chi connectivity index (χ3n) is 4.71. The summed E-state index contributed by atoms with van der Waals surface area (Å²) in [5.41, 5.74) is -2.42. The lowest BCUT2D eigenvalue weighted by Gasteiger charge is -2.42. The Morgan fingerprint density at radius 3 is 1.83 bits per heavy atom. The van der Waals surface area contributed by atoms with Gasteiger partial charge in [0.1, 0.15) is 5.57 Å². The fourth-order valence-electron chi connectivity index (χ4n) is 3.41. The average Bonchev–Trinajstić information content (AvgIpc) is 2.96. The number of hydrogen-bond donors (Lipinski definition) is 2. The number of rotatable bonds is 2. The molecule has 2 aliphatic rings. The van der Waals surface area contributed by atoms with Crippen LogP contribution >= 0.6 is 0 Å². The molecule has 3 unspecified atom stereocenters. The highest BCUT2D eigenvalue weighted by molar-refractivity contribution is 5.87. The molecule has 0 aliphatic heterocycles. The zero-order valence-corrected chi connectivity index (χ0v) is 13.3. The topological polar surface area (TPSA) is 74.6 Å². The average molecular weight is 334 g/mol. The molecule has 0 heterocycles. The van der Waals surface area contributed by atoms with Gasteiger partial charge in [-0.05, 0) is 30.1 Å². The van der Waals surface area contributed by atoms with Crippen LogP contribution in [0, 0.1) is 22.7 Å². The van der Waals surface area contributed by atoms with Gasteiger partial charge in [-0.1, -0.05) is 39.5 Å². The Balaban J connectivity index is 0.000000257. The van der Waals surface area contributed by atoms with E-state index < -0.39 is 29.1 Å². The highest BCUT2D eigenvalue weighted by Gasteiger charge is 2.59. The van der Waals surface area contributed by atoms with Crippen LogP contribution in [0.4, 0.5) is 13.2 Å². The molecule has 0 amide bonds. The maximum absolute atomic E-state index is 11.5. The minimum Gasteiger partial charge on any atom is -0.481 e. The van der Waals surface area contributed by atoms with Crippen LogP contribution < -0.4 is 0 Å². The summed E-state index contributed by atoms with van der Waals surface area (Å²) in [6.45, 7) is 8.45. The third kappa shape index (κ3) is 3.59. The molecule has 0 aromatic rings. The van der Waals surface area contributed by atoms with Gasteiger partial charge >= 0.3 is 18.1 Å². The Morgan fingerprint density at radius 1 is 1.17 bits per heavy atom. The quantitative estimate of drug-likeness (QED) is 0.593. The van der Waals surface area contributed by atoms with Gasteiger partial charge in [-0.2, -0.15) is 13.2 Å². The van der Waals surface area contributed by atoms with Gasteiger partial charge in [-0.15, -0.1) is 0 Å². The molecular weight excluding hydrogens is 313 g/mol. The van der Waals surface area contributed by atoms with Crippen molar-refractivity contribution in [2.75, 3.05) is 0 Å². The number of carboxylic acids is 2. The molecule has 2 N–H and O–H groups in total. The zero-order valence-electron chi connectivity index (χ0n) is 13.3. The summed E-state index contributed by atoms with van der Waals surface area (Å²) in [7, 11) is 0. The lowest BCUT2D eigenvalue weighted by molar-refractivity contribution is -0.159. The summed E-state index contributed by atoms with van der Waals surface area (Å²) in [5, 5.41) is 17.2. The number of halogens is 3. The van der Waals surface area contributed by atoms with Gasteiger partial charge in [-0.3, -0.25) is 4.79 Å². The van der Waals surface area contributed by atoms with Crippen molar-refractivity contribution in [2.45, 2.75) is 39.8 Å². The number of carboxylic acid groups (broad SMARTS) is 2. The number of allylic oxidation sites excluding steroid dienone is 2. The standard InChI is InChI=1S/C12H18O2.C4H3F3O2/c1-11(2,3)12(10(13)14)7-8-4-5-9(12)6-8;1-2(3(8)9)4(5,6)7/h4-5,8-9H,6-7H2,1-3H3,(H,13,14);1H2,(H,8,9). The van der Waals surface area contributed by atoms with E-state index in [9.17, 15) is 27.9 Å². The number of aliphatic carboxylic acids is 2. The van der Waals surface area contributed by atoms with Crippen molar-refractivity contribution >= 4 is 11.9 Å². The van der Waals surface area contributed by atoms with E-state index in [1.807, 2.05) is 0 Å². The molecule has 0 aromatic heterocycles. The first-order valence-corrected chi connectivity index (χ1v) is 7.14. The summed E-state index contributed by atoms with van der Waals surface area (Å²) < 4.78 is 33.7. The van der Waals surface area contributed by atoms with Crippen LogP contribution in [0.25, 0.3) is 0 Å². The first-order chi connectivity index (χ1) is 10.2. The van der Waals surface area contributed by atoms with Gasteiger partial charge in [0.2, 0.25) is 0 Å². The molecule has 130 valence electrons. The lowest BCUT2D eigenvalue weighted by atomic mass is 9.60. The van der Waals surface area contributed by atoms with Crippen molar-refractivity contribution in [1.82, 2.24) is 0 Å². The van der Waals surface area contributed by atoms with Crippen LogP contribution in [-0.4, -0.2) is 28.3 Å². The van der Waals surface area contributed by atoms with Crippen molar-refractivity contribution in [3.63, 3.8) is 0 Å². The summed E-state index contributed by atoms with van der Waals surface area (Å²) in [4.78, 5) is 21.1. The van der Waals surface area contributed by atoms with Crippen molar-refractivity contribution in [1.29, 1.82) is 0 Å². The molecule has 0 spiro atoms. The highest BCUT2D eigenvalue weighted by Crippen LogP contribution is 2.60. The molecule has 0 saturated heterocycles. The van der Waals surface area contributed by atoms with Crippen molar-refractivity contribution in [2.24, 2.45) is 22.7 Å². The fourth-order valence-corrected chi connectivity index (χ4v) is 3.41. The first kappa shape index (κ1) is 19.3. The van der Waals surface area contributed by atoms with E-state index in [0.717, 1.165) is 12.8 Å². The molecule has 2 bridgehead atoms. The van der Waals surface area contributed by atoms with E-state index >= 15 is 0 Å². The van der Waals surface area contributed by atoms with Crippen molar-refractivity contribution < 1.29 is 33.0 Å². The van der Waals surface area contributed by atoms with Crippen molar-refractivity contribution in [3.8, 4) is 0 Å². The Hall–Kier alpha value is -1.79. The molecule has 1 saturated carbocycles. The predicted molar refractivity (Wildman–Crippen MR) is 77.7 cm³/mol. The molecular formula is C16H21F3O4. The van der Waals surface area contributed by atoms with E-state index in [1.54, 1.807) is 0 Å². The van der Waals surface area contributed by atoms with Gasteiger partial charge in [0.05, 0.1) is 5.41 Å². The van der Waals surface area contributed by atoms with Crippen LogP contribution in [0.1, 0.15) is 33.6 Å². The monoisotopic (exact) mass is 334 g/mol. The van der Waals surface area contributed by atoms with Gasteiger partial charge in [-0.25, -0.2) is 4.79 Å². The number of alkyl halides is 3. The Morgan fingerprint density at radius 2 is 1.70 bits per heavy atom. The molecule has 23 heavy (non-hydrogen) atoms. The number of hydrogen-bond acceptors (Lipinski definition) is 2. The van der Waals surface area contributed by atoms with Gasteiger partial charge in [0.25, 0.3) is 0 Å². The van der Waals surface area contributed by atoms with Gasteiger partial charge < -0.3 is 10.2 Å². The molecule has 0 aromatic carbocycles. The van der Waals surface area contributed by atoms with E-state index in [1.165, 1.54) is 0 Å². The van der Waals surface area contributed by atoms with Crippen LogP contribution in [0.5, 0.6) is 0 Å². The fraction of sp³-hybridized carbons (Fsp3) is 0.625. The van der Waals surface area contributed by atoms with Crippen LogP contribution in [0.2, 0.25) is 0 Å². The van der Waals surface area contributed by atoms with Crippen LogP contribution in [-0.2, 0) is 9.59 Å². The lowest BCUT2D eigenvalue weighted by Crippen LogP contribution is -2.46. The van der Waals surface area contributed by atoms with E-state index in [0.29, 0.717) is 5.92 Å². The summed E-state index contributed by atoms with van der Waals surface area (Å²) in [6, 6.07) is 0. The smallest absolute Gasteiger partial charge is 0.422 e. The molecule has 1 fully saturated rings. The minimum atomic E-state index is -4.81. The van der Waals surface area contributed by atoms with E-state index in [-0.39, 0.29) is 11.3 Å². The second kappa shape index (κ2) is 6.02. The third-order valence-corrected chi connectivity index (χ3v) is 4.71. The summed E-state index contributed by atoms with van der Waals surface area (Å²) >= 11 is 0. The highest BCUT2D eigenvalue weighted by atomic mass is 19.4. The Bertz CT molecular complexity index is 543. The molecule has 7 heteroatoms. The van der Waals surface area contributed by atoms with Gasteiger partial charge in [0.15, 0.2) is 0 Å². The first-order valence-electron chi connectivity index (χ1n) is 7.14. The number of carbonyl (C=O) groups is 2. The van der Waals surface area contributed by atoms with Crippen LogP contribution in [0.15, 0.2) is 24.3 Å². The molecule has 4 nitrogen and oxygen atoms in total. The molecule has 2 aliphatic carbocycles. The van der Waals surface area contributed by atoms with Crippen LogP contribution in [0.3, 0.4) is 0 Å². The second-order valence-corrected chi connectivity index (χ2v) is 7.00. The van der Waals surface area contributed by atoms with E-state index in [2.05, 4.69) is 39.5 Å². The zero-order chi connectivity index (χ0) is 18.2. The maximum Gasteiger partial charge on any atom is 0.422 e. The van der Waals surface area contributed by atoms with E-state index in [4.69, 9.17) is 5.11 Å². The normalized spacial score (nSPS) is 29.0. The minimum absolute atomic E-state index is 0.150. The Labute approximate surface area is 132 Å². The largest absolute Gasteiger partial charge is 0.481 e. The summed E-state index contributed by atoms with van der Waals surface area (Å²) in [5.74, 6) is -1.88. The molecule has 3 atom stereocenters. The maximum atomic E-state index is 11.5.